The third-order valence-corrected chi connectivity index (χ3v) is 3.10. The number of aryl methyl sites for hydroxylation is 1. The van der Waals surface area contributed by atoms with Crippen molar-refractivity contribution in [3.8, 4) is 0 Å². The molecule has 110 valence electrons. The Morgan fingerprint density at radius 2 is 2.10 bits per heavy atom. The van der Waals surface area contributed by atoms with Crippen LogP contribution in [0.25, 0.3) is 10.9 Å². The molecule has 0 spiro atoms. The molecular weight excluding hydrogens is 266 g/mol. The van der Waals surface area contributed by atoms with Crippen LogP contribution in [0.3, 0.4) is 0 Å². The molecule has 1 aromatic carbocycles. The minimum absolute atomic E-state index is 0.121. The van der Waals surface area contributed by atoms with E-state index in [-0.39, 0.29) is 6.61 Å². The second-order valence-corrected chi connectivity index (χ2v) is 4.70. The number of hydrogen-bond acceptors (Lipinski definition) is 3. The highest BCUT2D eigenvalue weighted by Crippen LogP contribution is 2.19. The standard InChI is InChI=1S/C14H18F2N2O2/c1-18-13-5-3-2-4-11(13)12(17-18)8-10(19)6-7-20-9-14(15)16/h2-5,10,14,19H,6-9H2,1H3. The summed E-state index contributed by atoms with van der Waals surface area (Å²) >= 11 is 0. The second-order valence-electron chi connectivity index (χ2n) is 4.70. The fraction of sp³-hybridized carbons (Fsp3) is 0.500. The summed E-state index contributed by atoms with van der Waals surface area (Å²) in [6.45, 7) is -0.463. The van der Waals surface area contributed by atoms with Crippen LogP contribution in [0.15, 0.2) is 24.3 Å². The molecule has 2 aromatic rings. The van der Waals surface area contributed by atoms with Crippen molar-refractivity contribution in [1.82, 2.24) is 9.78 Å². The van der Waals surface area contributed by atoms with Crippen molar-refractivity contribution >= 4 is 10.9 Å². The maximum atomic E-state index is 11.9. The molecule has 1 unspecified atom stereocenters. The van der Waals surface area contributed by atoms with Gasteiger partial charge in [-0.15, -0.1) is 0 Å². The van der Waals surface area contributed by atoms with Crippen molar-refractivity contribution in [3.63, 3.8) is 0 Å². The number of benzene rings is 1. The van der Waals surface area contributed by atoms with E-state index in [0.29, 0.717) is 12.8 Å². The molecule has 4 nitrogen and oxygen atoms in total. The van der Waals surface area contributed by atoms with E-state index in [0.717, 1.165) is 16.6 Å². The summed E-state index contributed by atoms with van der Waals surface area (Å²) in [5.41, 5.74) is 1.81. The fourth-order valence-corrected chi connectivity index (χ4v) is 2.16. The summed E-state index contributed by atoms with van der Waals surface area (Å²) < 4.78 is 30.3. The SMILES string of the molecule is Cn1nc(CC(O)CCOCC(F)F)c2ccccc21. The van der Waals surface area contributed by atoms with Crippen molar-refractivity contribution in [2.75, 3.05) is 13.2 Å². The first-order chi connectivity index (χ1) is 9.58. The number of aliphatic hydroxyl groups is 1. The Balaban J connectivity index is 1.91. The van der Waals surface area contributed by atoms with Gasteiger partial charge in [-0.05, 0) is 12.5 Å². The number of ether oxygens (including phenoxy) is 1. The number of aliphatic hydroxyl groups excluding tert-OH is 1. The van der Waals surface area contributed by atoms with Gasteiger partial charge < -0.3 is 9.84 Å². The molecule has 0 bridgehead atoms. The number of nitrogens with zero attached hydrogens (tertiary/aromatic N) is 2. The molecular formula is C14H18F2N2O2. The topological polar surface area (TPSA) is 47.3 Å². The zero-order chi connectivity index (χ0) is 14.5. The van der Waals surface area contributed by atoms with Gasteiger partial charge >= 0.3 is 0 Å². The first kappa shape index (κ1) is 14.9. The lowest BCUT2D eigenvalue weighted by Crippen LogP contribution is -2.16. The zero-order valence-corrected chi connectivity index (χ0v) is 11.3. The summed E-state index contributed by atoms with van der Waals surface area (Å²) in [5.74, 6) is 0. The van der Waals surface area contributed by atoms with Crippen LogP contribution in [0.4, 0.5) is 8.78 Å². The number of alkyl halides is 2. The maximum Gasteiger partial charge on any atom is 0.261 e. The van der Waals surface area contributed by atoms with Gasteiger partial charge in [-0.1, -0.05) is 18.2 Å². The number of fused-ring (bicyclic) bond motifs is 1. The fourth-order valence-electron chi connectivity index (χ4n) is 2.16. The third-order valence-electron chi connectivity index (χ3n) is 3.10. The molecule has 0 saturated carbocycles. The average molecular weight is 284 g/mol. The molecule has 0 saturated heterocycles. The van der Waals surface area contributed by atoms with Crippen molar-refractivity contribution < 1.29 is 18.6 Å². The van der Waals surface area contributed by atoms with Gasteiger partial charge in [0.05, 0.1) is 17.3 Å². The normalized spacial score (nSPS) is 13.2. The van der Waals surface area contributed by atoms with Gasteiger partial charge in [0.2, 0.25) is 0 Å². The zero-order valence-electron chi connectivity index (χ0n) is 11.3. The summed E-state index contributed by atoms with van der Waals surface area (Å²) in [6.07, 6.45) is -2.41. The van der Waals surface area contributed by atoms with E-state index in [1.165, 1.54) is 0 Å². The molecule has 0 aliphatic heterocycles. The molecule has 0 aliphatic rings. The number of hydrogen-bond donors (Lipinski definition) is 1. The van der Waals surface area contributed by atoms with E-state index in [4.69, 9.17) is 4.74 Å². The Labute approximate surface area is 116 Å². The van der Waals surface area contributed by atoms with Crippen LogP contribution in [0.5, 0.6) is 0 Å². The van der Waals surface area contributed by atoms with Gasteiger partial charge in [0.1, 0.15) is 6.61 Å². The highest BCUT2D eigenvalue weighted by molar-refractivity contribution is 5.81. The van der Waals surface area contributed by atoms with E-state index in [1.807, 2.05) is 31.3 Å². The van der Waals surface area contributed by atoms with E-state index >= 15 is 0 Å². The average Bonchev–Trinajstić information content (AvgIpc) is 2.72. The van der Waals surface area contributed by atoms with Crippen molar-refractivity contribution in [2.45, 2.75) is 25.4 Å². The molecule has 1 heterocycles. The summed E-state index contributed by atoms with van der Waals surface area (Å²) in [6, 6.07) is 7.77. The van der Waals surface area contributed by atoms with Crippen LogP contribution < -0.4 is 0 Å². The predicted molar refractivity (Wildman–Crippen MR) is 71.9 cm³/mol. The number of halogens is 2. The van der Waals surface area contributed by atoms with Gasteiger partial charge in [0.25, 0.3) is 6.43 Å². The minimum Gasteiger partial charge on any atom is -0.393 e. The molecule has 0 fully saturated rings. The monoisotopic (exact) mass is 284 g/mol. The van der Waals surface area contributed by atoms with Gasteiger partial charge in [-0.2, -0.15) is 5.10 Å². The number of rotatable bonds is 7. The molecule has 20 heavy (non-hydrogen) atoms. The maximum absolute atomic E-state index is 11.9. The highest BCUT2D eigenvalue weighted by atomic mass is 19.3. The molecule has 6 heteroatoms. The Morgan fingerprint density at radius 1 is 1.35 bits per heavy atom. The van der Waals surface area contributed by atoms with Crippen molar-refractivity contribution in [3.05, 3.63) is 30.0 Å². The Kier molecular flexibility index (Phi) is 5.03. The molecule has 1 atom stereocenters. The third kappa shape index (κ3) is 3.74. The lowest BCUT2D eigenvalue weighted by molar-refractivity contribution is 0.00506. The smallest absolute Gasteiger partial charge is 0.261 e. The molecule has 0 radical (unpaired) electrons. The highest BCUT2D eigenvalue weighted by Gasteiger charge is 2.13. The lowest BCUT2D eigenvalue weighted by atomic mass is 10.1. The largest absolute Gasteiger partial charge is 0.393 e. The second kappa shape index (κ2) is 6.76. The Hall–Kier alpha value is -1.53. The molecule has 1 aromatic heterocycles. The number of para-hydroxylation sites is 1. The molecule has 2 rings (SSSR count). The minimum atomic E-state index is -2.47. The van der Waals surface area contributed by atoms with E-state index < -0.39 is 19.1 Å². The summed E-state index contributed by atoms with van der Waals surface area (Å²) in [5, 5.41) is 15.3. The van der Waals surface area contributed by atoms with E-state index in [1.54, 1.807) is 4.68 Å². The first-order valence-electron chi connectivity index (χ1n) is 6.52. The molecule has 1 N–H and O–H groups in total. The first-order valence-corrected chi connectivity index (χ1v) is 6.52. The van der Waals surface area contributed by atoms with Gasteiger partial charge in [0.15, 0.2) is 0 Å². The van der Waals surface area contributed by atoms with Crippen molar-refractivity contribution in [1.29, 1.82) is 0 Å². The quantitative estimate of drug-likeness (QED) is 0.792. The molecule has 0 aliphatic carbocycles. The van der Waals surface area contributed by atoms with E-state index in [2.05, 4.69) is 5.10 Å². The summed E-state index contributed by atoms with van der Waals surface area (Å²) in [7, 11) is 1.85. The van der Waals surface area contributed by atoms with Crippen LogP contribution in [0, 0.1) is 0 Å². The van der Waals surface area contributed by atoms with Crippen molar-refractivity contribution in [2.24, 2.45) is 7.05 Å². The lowest BCUT2D eigenvalue weighted by Gasteiger charge is -2.09. The summed E-state index contributed by atoms with van der Waals surface area (Å²) in [4.78, 5) is 0. The Bertz CT molecular complexity index is 557. The van der Waals surface area contributed by atoms with Gasteiger partial charge in [-0.3, -0.25) is 4.68 Å². The van der Waals surface area contributed by atoms with Crippen LogP contribution in [0.2, 0.25) is 0 Å². The van der Waals surface area contributed by atoms with Gasteiger partial charge in [-0.25, -0.2) is 8.78 Å². The van der Waals surface area contributed by atoms with Crippen LogP contribution in [-0.4, -0.2) is 40.6 Å². The Morgan fingerprint density at radius 3 is 2.85 bits per heavy atom. The molecule has 0 amide bonds. The van der Waals surface area contributed by atoms with Crippen LogP contribution >= 0.6 is 0 Å². The van der Waals surface area contributed by atoms with E-state index in [9.17, 15) is 13.9 Å². The van der Waals surface area contributed by atoms with Crippen LogP contribution in [0.1, 0.15) is 12.1 Å². The predicted octanol–water partition coefficient (Wildman–Crippen LogP) is 2.15. The van der Waals surface area contributed by atoms with Crippen LogP contribution in [-0.2, 0) is 18.2 Å². The number of aromatic nitrogens is 2. The van der Waals surface area contributed by atoms with Gasteiger partial charge in [0, 0.05) is 25.5 Å².